The maximum Gasteiger partial charge on any atom is 0.191 e. The van der Waals surface area contributed by atoms with Crippen LogP contribution in [0.2, 0.25) is 0 Å². The van der Waals surface area contributed by atoms with Gasteiger partial charge in [0.2, 0.25) is 0 Å². The predicted octanol–water partition coefficient (Wildman–Crippen LogP) is 3.36. The van der Waals surface area contributed by atoms with Crippen LogP contribution in [-0.2, 0) is 6.42 Å². The summed E-state index contributed by atoms with van der Waals surface area (Å²) in [5.41, 5.74) is 2.35. The number of ether oxygens (including phenoxy) is 1. The second-order valence-corrected chi connectivity index (χ2v) is 6.09. The summed E-state index contributed by atoms with van der Waals surface area (Å²) < 4.78 is 5.74. The summed E-state index contributed by atoms with van der Waals surface area (Å²) in [6.45, 7) is 5.27. The number of para-hydroxylation sites is 1. The fourth-order valence-corrected chi connectivity index (χ4v) is 3.00. The molecular formula is C20H27IN4O. The van der Waals surface area contributed by atoms with Crippen LogP contribution in [0.25, 0.3) is 0 Å². The van der Waals surface area contributed by atoms with Crippen molar-refractivity contribution in [2.45, 2.75) is 25.7 Å². The Kier molecular flexibility index (Phi) is 8.67. The highest BCUT2D eigenvalue weighted by atomic mass is 127. The Morgan fingerprint density at radius 2 is 2.04 bits per heavy atom. The predicted molar refractivity (Wildman–Crippen MR) is 117 cm³/mol. The Bertz CT molecular complexity index is 693. The molecule has 0 fully saturated rings. The van der Waals surface area contributed by atoms with Crippen LogP contribution in [0.15, 0.2) is 53.7 Å². The van der Waals surface area contributed by atoms with Gasteiger partial charge in [-0.15, -0.1) is 24.0 Å². The highest BCUT2D eigenvalue weighted by Gasteiger charge is 2.20. The molecule has 1 aromatic heterocycles. The molecule has 1 aliphatic rings. The number of hydrogen-bond donors (Lipinski definition) is 2. The standard InChI is InChI=1S/C20H26N4O.HI/c1-2-21-20(23-13-10-17-7-5-6-12-22-17)24-15-16-11-14-25-19-9-4-3-8-18(16)19;/h3-9,12,16H,2,10-11,13-15H2,1H3,(H2,21,23,24);1H. The molecule has 140 valence electrons. The summed E-state index contributed by atoms with van der Waals surface area (Å²) in [6, 6.07) is 14.3. The molecule has 2 heterocycles. The molecule has 0 spiro atoms. The molecule has 1 atom stereocenters. The Morgan fingerprint density at radius 1 is 1.19 bits per heavy atom. The van der Waals surface area contributed by atoms with Crippen LogP contribution in [0.1, 0.15) is 30.5 Å². The van der Waals surface area contributed by atoms with E-state index < -0.39 is 0 Å². The quantitative estimate of drug-likeness (QED) is 0.390. The minimum absolute atomic E-state index is 0. The summed E-state index contributed by atoms with van der Waals surface area (Å²) >= 11 is 0. The first-order chi connectivity index (χ1) is 12.4. The first kappa shape index (κ1) is 20.5. The van der Waals surface area contributed by atoms with Gasteiger partial charge in [-0.1, -0.05) is 24.3 Å². The van der Waals surface area contributed by atoms with Crippen LogP contribution in [0.3, 0.4) is 0 Å². The van der Waals surface area contributed by atoms with Crippen molar-refractivity contribution in [1.29, 1.82) is 0 Å². The zero-order chi connectivity index (χ0) is 17.3. The molecule has 3 rings (SSSR count). The molecule has 0 aliphatic carbocycles. The van der Waals surface area contributed by atoms with E-state index in [2.05, 4.69) is 34.7 Å². The Morgan fingerprint density at radius 3 is 2.85 bits per heavy atom. The van der Waals surface area contributed by atoms with Gasteiger partial charge in [0.1, 0.15) is 5.75 Å². The van der Waals surface area contributed by atoms with Crippen LogP contribution in [0.4, 0.5) is 0 Å². The van der Waals surface area contributed by atoms with Gasteiger partial charge in [0.05, 0.1) is 6.61 Å². The number of aliphatic imine (C=N–C) groups is 1. The molecule has 6 heteroatoms. The van der Waals surface area contributed by atoms with Crippen molar-refractivity contribution in [3.8, 4) is 5.75 Å². The van der Waals surface area contributed by atoms with Crippen molar-refractivity contribution in [2.24, 2.45) is 4.99 Å². The second kappa shape index (κ2) is 11.0. The number of guanidine groups is 1. The summed E-state index contributed by atoms with van der Waals surface area (Å²) in [5, 5.41) is 6.72. The zero-order valence-electron chi connectivity index (χ0n) is 15.1. The third-order valence-corrected chi connectivity index (χ3v) is 4.30. The average molecular weight is 466 g/mol. The minimum atomic E-state index is 0. The van der Waals surface area contributed by atoms with E-state index in [0.717, 1.165) is 56.5 Å². The van der Waals surface area contributed by atoms with Crippen molar-refractivity contribution >= 4 is 29.9 Å². The summed E-state index contributed by atoms with van der Waals surface area (Å²) in [6.07, 6.45) is 3.72. The van der Waals surface area contributed by atoms with Gasteiger partial charge < -0.3 is 15.4 Å². The molecule has 2 N–H and O–H groups in total. The zero-order valence-corrected chi connectivity index (χ0v) is 17.5. The van der Waals surface area contributed by atoms with E-state index >= 15 is 0 Å². The number of hydrogen-bond acceptors (Lipinski definition) is 3. The fraction of sp³-hybridized carbons (Fsp3) is 0.400. The highest BCUT2D eigenvalue weighted by Crippen LogP contribution is 2.33. The molecular weight excluding hydrogens is 439 g/mol. The fourth-order valence-electron chi connectivity index (χ4n) is 3.00. The van der Waals surface area contributed by atoms with E-state index in [1.165, 1.54) is 5.56 Å². The lowest BCUT2D eigenvalue weighted by atomic mass is 9.93. The van der Waals surface area contributed by atoms with Gasteiger partial charge in [0.25, 0.3) is 0 Å². The topological polar surface area (TPSA) is 58.5 Å². The Hall–Kier alpha value is -1.83. The number of nitrogens with one attached hydrogen (secondary N) is 2. The van der Waals surface area contributed by atoms with Crippen molar-refractivity contribution in [3.05, 3.63) is 59.9 Å². The third-order valence-electron chi connectivity index (χ3n) is 4.30. The van der Waals surface area contributed by atoms with Crippen molar-refractivity contribution < 1.29 is 4.74 Å². The van der Waals surface area contributed by atoms with Crippen molar-refractivity contribution in [3.63, 3.8) is 0 Å². The van der Waals surface area contributed by atoms with Crippen molar-refractivity contribution in [1.82, 2.24) is 15.6 Å². The average Bonchev–Trinajstić information content (AvgIpc) is 2.67. The van der Waals surface area contributed by atoms with E-state index in [1.807, 2.05) is 36.5 Å². The summed E-state index contributed by atoms with van der Waals surface area (Å²) in [7, 11) is 0. The molecule has 1 aromatic carbocycles. The number of nitrogens with zero attached hydrogens (tertiary/aromatic N) is 2. The number of pyridine rings is 1. The summed E-state index contributed by atoms with van der Waals surface area (Å²) in [5.74, 6) is 2.28. The number of aromatic nitrogens is 1. The van der Waals surface area contributed by atoms with Gasteiger partial charge in [0, 0.05) is 43.9 Å². The van der Waals surface area contributed by atoms with E-state index in [1.54, 1.807) is 0 Å². The maximum absolute atomic E-state index is 5.74. The highest BCUT2D eigenvalue weighted by molar-refractivity contribution is 14.0. The van der Waals surface area contributed by atoms with E-state index in [9.17, 15) is 0 Å². The molecule has 0 amide bonds. The third kappa shape index (κ3) is 5.86. The molecule has 1 unspecified atom stereocenters. The lowest BCUT2D eigenvalue weighted by Crippen LogP contribution is -2.38. The normalized spacial score (nSPS) is 16.0. The van der Waals surface area contributed by atoms with Crippen molar-refractivity contribution in [2.75, 3.05) is 26.2 Å². The van der Waals surface area contributed by atoms with Gasteiger partial charge in [-0.05, 0) is 37.1 Å². The van der Waals surface area contributed by atoms with E-state index in [4.69, 9.17) is 9.73 Å². The molecule has 0 radical (unpaired) electrons. The maximum atomic E-state index is 5.74. The molecule has 2 aromatic rings. The second-order valence-electron chi connectivity index (χ2n) is 6.09. The van der Waals surface area contributed by atoms with Gasteiger partial charge in [0.15, 0.2) is 5.96 Å². The first-order valence-corrected chi connectivity index (χ1v) is 9.00. The molecule has 0 saturated carbocycles. The van der Waals surface area contributed by atoms with Crippen LogP contribution in [0.5, 0.6) is 5.75 Å². The largest absolute Gasteiger partial charge is 0.493 e. The lowest BCUT2D eigenvalue weighted by Gasteiger charge is -2.25. The first-order valence-electron chi connectivity index (χ1n) is 9.00. The molecule has 26 heavy (non-hydrogen) atoms. The minimum Gasteiger partial charge on any atom is -0.493 e. The molecule has 0 saturated heterocycles. The van der Waals surface area contributed by atoms with Crippen LogP contribution >= 0.6 is 24.0 Å². The van der Waals surface area contributed by atoms with Crippen LogP contribution < -0.4 is 15.4 Å². The molecule has 0 bridgehead atoms. The van der Waals surface area contributed by atoms with Crippen LogP contribution in [0, 0.1) is 0 Å². The lowest BCUT2D eigenvalue weighted by molar-refractivity contribution is 0.269. The number of fused-ring (bicyclic) bond motifs is 1. The SMILES string of the molecule is CCNC(=NCC1CCOc2ccccc21)NCCc1ccccn1.I. The van der Waals surface area contributed by atoms with E-state index in [-0.39, 0.29) is 24.0 Å². The number of halogens is 1. The van der Waals surface area contributed by atoms with Gasteiger partial charge in [-0.3, -0.25) is 9.98 Å². The smallest absolute Gasteiger partial charge is 0.191 e. The van der Waals surface area contributed by atoms with Gasteiger partial charge in [-0.25, -0.2) is 0 Å². The number of rotatable bonds is 6. The molecule has 5 nitrogen and oxygen atoms in total. The van der Waals surface area contributed by atoms with E-state index in [0.29, 0.717) is 5.92 Å². The Labute approximate surface area is 172 Å². The molecule has 1 aliphatic heterocycles. The number of benzene rings is 1. The monoisotopic (exact) mass is 466 g/mol. The van der Waals surface area contributed by atoms with Crippen LogP contribution in [-0.4, -0.2) is 37.2 Å². The Balaban J connectivity index is 0.00000243. The summed E-state index contributed by atoms with van der Waals surface area (Å²) in [4.78, 5) is 9.14. The van der Waals surface area contributed by atoms with Gasteiger partial charge in [-0.2, -0.15) is 0 Å². The van der Waals surface area contributed by atoms with Gasteiger partial charge >= 0.3 is 0 Å².